The van der Waals surface area contributed by atoms with Crippen LogP contribution in [0.3, 0.4) is 0 Å². The molecule has 0 spiro atoms. The SMILES string of the molecule is CC1(C(=O)NCc2nc(-c3ccccc3F)no2)CCCCO1. The summed E-state index contributed by atoms with van der Waals surface area (Å²) in [6, 6.07) is 6.18. The van der Waals surface area contributed by atoms with Crippen molar-refractivity contribution in [1.82, 2.24) is 15.5 Å². The van der Waals surface area contributed by atoms with E-state index in [-0.39, 0.29) is 29.7 Å². The molecule has 1 aliphatic heterocycles. The molecule has 122 valence electrons. The summed E-state index contributed by atoms with van der Waals surface area (Å²) in [5.41, 5.74) is -0.552. The summed E-state index contributed by atoms with van der Waals surface area (Å²) in [7, 11) is 0. The summed E-state index contributed by atoms with van der Waals surface area (Å²) >= 11 is 0. The number of benzene rings is 1. The zero-order chi connectivity index (χ0) is 16.3. The van der Waals surface area contributed by atoms with E-state index in [0.29, 0.717) is 13.0 Å². The number of hydrogen-bond acceptors (Lipinski definition) is 5. The van der Waals surface area contributed by atoms with Gasteiger partial charge in [-0.05, 0) is 38.3 Å². The van der Waals surface area contributed by atoms with Crippen LogP contribution >= 0.6 is 0 Å². The van der Waals surface area contributed by atoms with Crippen molar-refractivity contribution in [2.24, 2.45) is 0 Å². The highest BCUT2D eigenvalue weighted by molar-refractivity contribution is 5.84. The summed E-state index contributed by atoms with van der Waals surface area (Å²) < 4.78 is 24.3. The van der Waals surface area contributed by atoms with Crippen LogP contribution in [0.4, 0.5) is 4.39 Å². The van der Waals surface area contributed by atoms with E-state index in [4.69, 9.17) is 9.26 Å². The Morgan fingerprint density at radius 2 is 2.22 bits per heavy atom. The number of ether oxygens (including phenoxy) is 1. The van der Waals surface area contributed by atoms with Gasteiger partial charge in [0.05, 0.1) is 12.1 Å². The molecule has 1 aliphatic rings. The average Bonchev–Trinajstić information content (AvgIpc) is 3.02. The predicted octanol–water partition coefficient (Wildman–Crippen LogP) is 2.45. The van der Waals surface area contributed by atoms with Gasteiger partial charge in [-0.2, -0.15) is 4.98 Å². The van der Waals surface area contributed by atoms with Crippen molar-refractivity contribution >= 4 is 5.91 Å². The molecule has 1 atom stereocenters. The average molecular weight is 319 g/mol. The van der Waals surface area contributed by atoms with Crippen LogP contribution in [-0.4, -0.2) is 28.3 Å². The molecule has 23 heavy (non-hydrogen) atoms. The number of rotatable bonds is 4. The molecule has 1 fully saturated rings. The van der Waals surface area contributed by atoms with Crippen LogP contribution in [0.25, 0.3) is 11.4 Å². The number of carbonyl (C=O) groups excluding carboxylic acids is 1. The summed E-state index contributed by atoms with van der Waals surface area (Å²) in [4.78, 5) is 16.3. The van der Waals surface area contributed by atoms with Crippen molar-refractivity contribution in [1.29, 1.82) is 0 Å². The standard InChI is InChI=1S/C16H18FN3O3/c1-16(8-4-5-9-22-16)15(21)18-10-13-19-14(20-23-13)11-6-2-3-7-12(11)17/h2-3,6-7H,4-5,8-10H2,1H3,(H,18,21). The van der Waals surface area contributed by atoms with Crippen molar-refractivity contribution in [2.45, 2.75) is 38.3 Å². The normalized spacial score (nSPS) is 21.1. The van der Waals surface area contributed by atoms with Gasteiger partial charge in [-0.15, -0.1) is 0 Å². The van der Waals surface area contributed by atoms with Crippen molar-refractivity contribution in [3.63, 3.8) is 0 Å². The van der Waals surface area contributed by atoms with E-state index in [1.165, 1.54) is 6.07 Å². The van der Waals surface area contributed by atoms with Gasteiger partial charge in [-0.1, -0.05) is 17.3 Å². The van der Waals surface area contributed by atoms with E-state index >= 15 is 0 Å². The Morgan fingerprint density at radius 1 is 1.39 bits per heavy atom. The smallest absolute Gasteiger partial charge is 0.252 e. The number of amides is 1. The topological polar surface area (TPSA) is 77.3 Å². The zero-order valence-corrected chi connectivity index (χ0v) is 12.8. The molecule has 2 aromatic rings. The van der Waals surface area contributed by atoms with Crippen molar-refractivity contribution in [3.8, 4) is 11.4 Å². The van der Waals surface area contributed by atoms with E-state index in [1.54, 1.807) is 25.1 Å². The maximum Gasteiger partial charge on any atom is 0.252 e. The van der Waals surface area contributed by atoms with Crippen LogP contribution in [0.1, 0.15) is 32.1 Å². The first-order valence-corrected chi connectivity index (χ1v) is 7.58. The van der Waals surface area contributed by atoms with Crippen molar-refractivity contribution in [3.05, 3.63) is 36.0 Å². The highest BCUT2D eigenvalue weighted by Gasteiger charge is 2.35. The molecule has 0 saturated carbocycles. The first-order valence-electron chi connectivity index (χ1n) is 7.58. The number of carbonyl (C=O) groups is 1. The Labute approximate surface area is 133 Å². The van der Waals surface area contributed by atoms with Gasteiger partial charge >= 0.3 is 0 Å². The highest BCUT2D eigenvalue weighted by atomic mass is 19.1. The van der Waals surface area contributed by atoms with E-state index < -0.39 is 11.4 Å². The lowest BCUT2D eigenvalue weighted by Crippen LogP contribution is -2.48. The molecule has 0 bridgehead atoms. The molecule has 0 aliphatic carbocycles. The Bertz CT molecular complexity index is 695. The second-order valence-electron chi connectivity index (χ2n) is 5.71. The van der Waals surface area contributed by atoms with Crippen LogP contribution in [0.2, 0.25) is 0 Å². The van der Waals surface area contributed by atoms with Crippen LogP contribution in [-0.2, 0) is 16.1 Å². The van der Waals surface area contributed by atoms with Gasteiger partial charge in [-0.3, -0.25) is 4.79 Å². The van der Waals surface area contributed by atoms with Crippen molar-refractivity contribution in [2.75, 3.05) is 6.61 Å². The van der Waals surface area contributed by atoms with E-state index in [9.17, 15) is 9.18 Å². The molecule has 2 heterocycles. The first-order chi connectivity index (χ1) is 11.1. The van der Waals surface area contributed by atoms with Gasteiger partial charge in [-0.25, -0.2) is 4.39 Å². The maximum absolute atomic E-state index is 13.7. The monoisotopic (exact) mass is 319 g/mol. The third-order valence-corrected chi connectivity index (χ3v) is 3.93. The number of nitrogens with one attached hydrogen (secondary N) is 1. The summed E-state index contributed by atoms with van der Waals surface area (Å²) in [5, 5.41) is 6.48. The third-order valence-electron chi connectivity index (χ3n) is 3.93. The lowest BCUT2D eigenvalue weighted by molar-refractivity contribution is -0.150. The minimum absolute atomic E-state index is 0.0826. The van der Waals surface area contributed by atoms with Crippen LogP contribution in [0, 0.1) is 5.82 Å². The predicted molar refractivity (Wildman–Crippen MR) is 79.7 cm³/mol. The molecule has 3 rings (SSSR count). The first kappa shape index (κ1) is 15.6. The molecule has 1 unspecified atom stereocenters. The summed E-state index contributed by atoms with van der Waals surface area (Å²) in [6.45, 7) is 2.45. The minimum Gasteiger partial charge on any atom is -0.365 e. The van der Waals surface area contributed by atoms with E-state index in [1.807, 2.05) is 0 Å². The van der Waals surface area contributed by atoms with Crippen molar-refractivity contribution < 1.29 is 18.4 Å². The second kappa shape index (κ2) is 6.45. The second-order valence-corrected chi connectivity index (χ2v) is 5.71. The Morgan fingerprint density at radius 3 is 2.96 bits per heavy atom. The minimum atomic E-state index is -0.813. The molecule has 1 saturated heterocycles. The lowest BCUT2D eigenvalue weighted by atomic mass is 9.95. The summed E-state index contributed by atoms with van der Waals surface area (Å²) in [5.74, 6) is -0.252. The maximum atomic E-state index is 13.7. The van der Waals surface area contributed by atoms with E-state index in [0.717, 1.165) is 12.8 Å². The molecule has 1 aromatic carbocycles. The van der Waals surface area contributed by atoms with Crippen LogP contribution < -0.4 is 5.32 Å². The van der Waals surface area contributed by atoms with Gasteiger partial charge in [0.25, 0.3) is 5.91 Å². The molecular formula is C16H18FN3O3. The molecule has 1 amide bonds. The number of nitrogens with zero attached hydrogens (tertiary/aromatic N) is 2. The summed E-state index contributed by atoms with van der Waals surface area (Å²) in [6.07, 6.45) is 2.61. The largest absolute Gasteiger partial charge is 0.365 e. The van der Waals surface area contributed by atoms with E-state index in [2.05, 4.69) is 15.5 Å². The Balaban J connectivity index is 1.63. The number of hydrogen-bond donors (Lipinski definition) is 1. The highest BCUT2D eigenvalue weighted by Crippen LogP contribution is 2.24. The van der Waals surface area contributed by atoms with Gasteiger partial charge in [0.15, 0.2) is 0 Å². The lowest BCUT2D eigenvalue weighted by Gasteiger charge is -2.32. The Kier molecular flexibility index (Phi) is 4.38. The molecule has 1 N–H and O–H groups in total. The molecule has 6 nitrogen and oxygen atoms in total. The fraction of sp³-hybridized carbons (Fsp3) is 0.438. The van der Waals surface area contributed by atoms with Gasteiger partial charge < -0.3 is 14.6 Å². The van der Waals surface area contributed by atoms with Crippen LogP contribution in [0.15, 0.2) is 28.8 Å². The number of halogens is 1. The van der Waals surface area contributed by atoms with Gasteiger partial charge in [0.2, 0.25) is 11.7 Å². The molecule has 1 aromatic heterocycles. The Hall–Kier alpha value is -2.28. The fourth-order valence-electron chi connectivity index (χ4n) is 2.53. The fourth-order valence-corrected chi connectivity index (χ4v) is 2.53. The third kappa shape index (κ3) is 3.39. The van der Waals surface area contributed by atoms with Crippen LogP contribution in [0.5, 0.6) is 0 Å². The van der Waals surface area contributed by atoms with Gasteiger partial charge in [0, 0.05) is 6.61 Å². The molecular weight excluding hydrogens is 301 g/mol. The quantitative estimate of drug-likeness (QED) is 0.936. The molecule has 0 radical (unpaired) electrons. The zero-order valence-electron chi connectivity index (χ0n) is 12.8. The molecule has 7 heteroatoms. The number of aromatic nitrogens is 2. The van der Waals surface area contributed by atoms with Gasteiger partial charge in [0.1, 0.15) is 11.4 Å².